The van der Waals surface area contributed by atoms with E-state index in [0.29, 0.717) is 30.2 Å². The average molecular weight is 420 g/mol. The minimum Gasteiger partial charge on any atom is -0.435 e. The first-order chi connectivity index (χ1) is 14.4. The summed E-state index contributed by atoms with van der Waals surface area (Å²) in [4.78, 5) is 14.3. The van der Waals surface area contributed by atoms with Gasteiger partial charge in [-0.25, -0.2) is 8.78 Å². The van der Waals surface area contributed by atoms with Crippen LogP contribution in [-0.4, -0.2) is 28.8 Å². The summed E-state index contributed by atoms with van der Waals surface area (Å²) in [6, 6.07) is 10.6. The van der Waals surface area contributed by atoms with Gasteiger partial charge in [0.15, 0.2) is 0 Å². The van der Waals surface area contributed by atoms with Crippen molar-refractivity contribution >= 4 is 17.3 Å². The van der Waals surface area contributed by atoms with Crippen LogP contribution in [0.3, 0.4) is 0 Å². The quantitative estimate of drug-likeness (QED) is 0.612. The van der Waals surface area contributed by atoms with Crippen LogP contribution < -0.4 is 15.0 Å². The van der Waals surface area contributed by atoms with Gasteiger partial charge in [-0.3, -0.25) is 9.48 Å². The summed E-state index contributed by atoms with van der Waals surface area (Å²) in [5.74, 6) is -1.69. The second-order valence-electron chi connectivity index (χ2n) is 6.55. The Kier molecular flexibility index (Phi) is 5.30. The van der Waals surface area contributed by atoms with Gasteiger partial charge in [0, 0.05) is 18.3 Å². The van der Waals surface area contributed by atoms with E-state index in [9.17, 15) is 22.4 Å². The number of hydrogen-bond acceptors (Lipinski definition) is 4. The molecule has 4 rings (SSSR count). The van der Waals surface area contributed by atoms with Crippen molar-refractivity contribution in [3.8, 4) is 5.75 Å². The molecule has 1 N–H and O–H groups in total. The van der Waals surface area contributed by atoms with Crippen molar-refractivity contribution < 1.29 is 27.1 Å². The van der Waals surface area contributed by atoms with Gasteiger partial charge in [-0.2, -0.15) is 13.9 Å². The summed E-state index contributed by atoms with van der Waals surface area (Å²) in [5, 5.41) is 7.17. The number of benzene rings is 2. The highest BCUT2D eigenvalue weighted by atomic mass is 19.3. The topological polar surface area (TPSA) is 59.4 Å². The number of carbonyl (C=O) groups excluding carboxylic acids is 1. The highest BCUT2D eigenvalue weighted by Crippen LogP contribution is 2.24. The fourth-order valence-corrected chi connectivity index (χ4v) is 3.20. The van der Waals surface area contributed by atoms with Crippen molar-refractivity contribution in [2.24, 2.45) is 0 Å². The zero-order valence-electron chi connectivity index (χ0n) is 15.5. The summed E-state index contributed by atoms with van der Waals surface area (Å²) < 4.78 is 57.3. The fourth-order valence-electron chi connectivity index (χ4n) is 3.20. The van der Waals surface area contributed by atoms with Crippen molar-refractivity contribution in [1.82, 2.24) is 9.78 Å². The van der Waals surface area contributed by atoms with E-state index in [1.807, 2.05) is 0 Å². The van der Waals surface area contributed by atoms with E-state index >= 15 is 0 Å². The Hall–Kier alpha value is -3.56. The van der Waals surface area contributed by atoms with Crippen LogP contribution in [0.15, 0.2) is 48.5 Å². The van der Waals surface area contributed by atoms with E-state index in [2.05, 4.69) is 15.2 Å². The van der Waals surface area contributed by atoms with Crippen LogP contribution in [0.5, 0.6) is 5.75 Å². The molecule has 6 nitrogen and oxygen atoms in total. The lowest BCUT2D eigenvalue weighted by Gasteiger charge is -2.27. The SMILES string of the molecule is O=C1c2cc(CNc3ccc(OC(F)F)cc3F)nn2CCN1c1ccc(F)cc1. The summed E-state index contributed by atoms with van der Waals surface area (Å²) in [6.45, 7) is -2.08. The lowest BCUT2D eigenvalue weighted by Crippen LogP contribution is -2.40. The van der Waals surface area contributed by atoms with Crippen molar-refractivity contribution in [3.63, 3.8) is 0 Å². The number of hydrogen-bond donors (Lipinski definition) is 1. The van der Waals surface area contributed by atoms with Gasteiger partial charge in [0.2, 0.25) is 0 Å². The first-order valence-electron chi connectivity index (χ1n) is 9.03. The molecule has 1 aromatic heterocycles. The summed E-state index contributed by atoms with van der Waals surface area (Å²) in [6.07, 6.45) is 0. The number of anilines is 2. The number of nitrogens with zero attached hydrogens (tertiary/aromatic N) is 3. The molecule has 0 saturated heterocycles. The molecule has 0 unspecified atom stereocenters. The molecule has 0 radical (unpaired) electrons. The van der Waals surface area contributed by atoms with Crippen molar-refractivity contribution in [2.45, 2.75) is 19.7 Å². The van der Waals surface area contributed by atoms with Gasteiger partial charge < -0.3 is 15.0 Å². The smallest absolute Gasteiger partial charge is 0.387 e. The number of ether oxygens (including phenoxy) is 1. The standard InChI is InChI=1S/C20H16F4N4O2/c21-12-1-3-14(4-2-12)27-7-8-28-18(19(27)29)9-13(26-28)11-25-17-6-5-15(10-16(17)22)30-20(23)24/h1-6,9-10,20,25H,7-8,11H2. The van der Waals surface area contributed by atoms with E-state index < -0.39 is 12.4 Å². The summed E-state index contributed by atoms with van der Waals surface area (Å²) in [7, 11) is 0. The minimum atomic E-state index is -3.04. The Morgan fingerprint density at radius 2 is 1.83 bits per heavy atom. The molecular weight excluding hydrogens is 404 g/mol. The predicted octanol–water partition coefficient (Wildman–Crippen LogP) is 4.04. The number of alkyl halides is 2. The van der Waals surface area contributed by atoms with Gasteiger partial charge in [-0.15, -0.1) is 0 Å². The first kappa shape index (κ1) is 19.7. The second kappa shape index (κ2) is 8.05. The molecule has 30 heavy (non-hydrogen) atoms. The molecule has 1 aliphatic heterocycles. The van der Waals surface area contributed by atoms with Crippen LogP contribution in [0.2, 0.25) is 0 Å². The lowest BCUT2D eigenvalue weighted by molar-refractivity contribution is -0.0499. The van der Waals surface area contributed by atoms with Crippen molar-refractivity contribution in [1.29, 1.82) is 0 Å². The summed E-state index contributed by atoms with van der Waals surface area (Å²) >= 11 is 0. The number of aromatic nitrogens is 2. The molecule has 3 aromatic rings. The molecule has 0 bridgehead atoms. The Labute approximate surface area is 168 Å². The molecule has 156 valence electrons. The van der Waals surface area contributed by atoms with E-state index in [4.69, 9.17) is 0 Å². The Morgan fingerprint density at radius 3 is 2.53 bits per heavy atom. The zero-order valence-corrected chi connectivity index (χ0v) is 15.5. The lowest BCUT2D eigenvalue weighted by atomic mass is 10.2. The third-order valence-electron chi connectivity index (χ3n) is 4.59. The monoisotopic (exact) mass is 420 g/mol. The van der Waals surface area contributed by atoms with Crippen LogP contribution in [0, 0.1) is 11.6 Å². The van der Waals surface area contributed by atoms with Gasteiger partial charge in [-0.05, 0) is 42.5 Å². The molecule has 1 aliphatic rings. The molecule has 0 fully saturated rings. The van der Waals surface area contributed by atoms with Crippen LogP contribution in [0.1, 0.15) is 16.2 Å². The Morgan fingerprint density at radius 1 is 1.07 bits per heavy atom. The number of amides is 1. The molecule has 0 aliphatic carbocycles. The molecule has 10 heteroatoms. The highest BCUT2D eigenvalue weighted by molar-refractivity contribution is 6.05. The Balaban J connectivity index is 1.45. The van der Waals surface area contributed by atoms with Gasteiger partial charge in [0.1, 0.15) is 23.1 Å². The highest BCUT2D eigenvalue weighted by Gasteiger charge is 2.27. The number of halogens is 4. The average Bonchev–Trinajstić information content (AvgIpc) is 3.12. The van der Waals surface area contributed by atoms with E-state index in [1.165, 1.54) is 41.3 Å². The molecule has 2 heterocycles. The molecule has 1 amide bonds. The third-order valence-corrected chi connectivity index (χ3v) is 4.59. The number of fused-ring (bicyclic) bond motifs is 1. The van der Waals surface area contributed by atoms with Gasteiger partial charge >= 0.3 is 6.61 Å². The normalized spacial score (nSPS) is 13.5. The number of rotatable bonds is 6. The van der Waals surface area contributed by atoms with E-state index in [0.717, 1.165) is 6.07 Å². The van der Waals surface area contributed by atoms with Gasteiger partial charge in [0.05, 0.1) is 24.5 Å². The van der Waals surface area contributed by atoms with Crippen LogP contribution >= 0.6 is 0 Å². The first-order valence-corrected chi connectivity index (χ1v) is 9.03. The molecule has 2 aromatic carbocycles. The second-order valence-corrected chi connectivity index (χ2v) is 6.55. The van der Waals surface area contributed by atoms with E-state index in [-0.39, 0.29) is 29.7 Å². The van der Waals surface area contributed by atoms with Crippen LogP contribution in [-0.2, 0) is 13.1 Å². The van der Waals surface area contributed by atoms with Crippen molar-refractivity contribution in [3.05, 3.63) is 71.6 Å². The number of nitrogens with one attached hydrogen (secondary N) is 1. The third kappa shape index (κ3) is 4.07. The maximum atomic E-state index is 14.1. The largest absolute Gasteiger partial charge is 0.435 e. The molecular formula is C20H16F4N4O2. The molecule has 0 atom stereocenters. The molecule has 0 saturated carbocycles. The zero-order chi connectivity index (χ0) is 21.3. The van der Waals surface area contributed by atoms with E-state index in [1.54, 1.807) is 10.7 Å². The Bertz CT molecular complexity index is 1070. The van der Waals surface area contributed by atoms with Gasteiger partial charge in [-0.1, -0.05) is 0 Å². The summed E-state index contributed by atoms with van der Waals surface area (Å²) in [5.41, 5.74) is 1.54. The predicted molar refractivity (Wildman–Crippen MR) is 101 cm³/mol. The van der Waals surface area contributed by atoms with Crippen molar-refractivity contribution in [2.75, 3.05) is 16.8 Å². The number of carbonyl (C=O) groups is 1. The minimum absolute atomic E-state index is 0.0850. The fraction of sp³-hybridized carbons (Fsp3) is 0.200. The van der Waals surface area contributed by atoms with Crippen LogP contribution in [0.25, 0.3) is 0 Å². The maximum Gasteiger partial charge on any atom is 0.387 e. The maximum absolute atomic E-state index is 14.1. The molecule has 0 spiro atoms. The van der Waals surface area contributed by atoms with Crippen LogP contribution in [0.4, 0.5) is 28.9 Å². The van der Waals surface area contributed by atoms with Gasteiger partial charge in [0.25, 0.3) is 5.91 Å².